The molecule has 1 amide bonds. The third-order valence-corrected chi connectivity index (χ3v) is 2.86. The van der Waals surface area contributed by atoms with E-state index in [0.29, 0.717) is 18.0 Å². The van der Waals surface area contributed by atoms with Gasteiger partial charge in [-0.05, 0) is 18.0 Å². The van der Waals surface area contributed by atoms with Crippen LogP contribution in [-0.2, 0) is 4.79 Å². The van der Waals surface area contributed by atoms with Crippen molar-refractivity contribution in [2.24, 2.45) is 5.73 Å². The van der Waals surface area contributed by atoms with Crippen molar-refractivity contribution in [3.63, 3.8) is 0 Å². The molecule has 0 bridgehead atoms. The maximum absolute atomic E-state index is 11.2. The van der Waals surface area contributed by atoms with Gasteiger partial charge in [0, 0.05) is 6.54 Å². The molecule has 0 fully saturated rings. The fraction of sp³-hybridized carbons (Fsp3) is 0.455. The maximum Gasteiger partial charge on any atom is 0.236 e. The average Bonchev–Trinajstić information content (AvgIpc) is 2.80. The number of aromatic amines is 1. The normalized spacial score (nSPS) is 10.8. The first kappa shape index (κ1) is 13.5. The van der Waals surface area contributed by atoms with Crippen LogP contribution in [0.4, 0.5) is 5.82 Å². The number of anilines is 1. The number of nitrogens with two attached hydrogens (primary N) is 1. The van der Waals surface area contributed by atoms with Gasteiger partial charge in [-0.2, -0.15) is 15.1 Å². The van der Waals surface area contributed by atoms with Crippen molar-refractivity contribution in [1.82, 2.24) is 20.2 Å². The van der Waals surface area contributed by atoms with Crippen LogP contribution in [0.3, 0.4) is 0 Å². The number of unbranched alkanes of at least 4 members (excludes halogenated alkanes) is 1. The van der Waals surface area contributed by atoms with Crippen LogP contribution in [0.2, 0.25) is 5.28 Å². The molecule has 2 rings (SSSR count). The van der Waals surface area contributed by atoms with Gasteiger partial charge in [0.25, 0.3) is 0 Å². The second-order valence-corrected chi connectivity index (χ2v) is 4.53. The van der Waals surface area contributed by atoms with Crippen molar-refractivity contribution in [2.75, 3.05) is 18.0 Å². The smallest absolute Gasteiger partial charge is 0.236 e. The Balaban J connectivity index is 2.41. The summed E-state index contributed by atoms with van der Waals surface area (Å²) in [7, 11) is 0. The lowest BCUT2D eigenvalue weighted by molar-refractivity contribution is -0.116. The van der Waals surface area contributed by atoms with Gasteiger partial charge in [0.05, 0.1) is 18.1 Å². The average molecular weight is 283 g/mol. The van der Waals surface area contributed by atoms with E-state index in [1.165, 1.54) is 0 Å². The van der Waals surface area contributed by atoms with Crippen molar-refractivity contribution in [2.45, 2.75) is 19.8 Å². The van der Waals surface area contributed by atoms with E-state index in [4.69, 9.17) is 17.3 Å². The summed E-state index contributed by atoms with van der Waals surface area (Å²) in [5.74, 6) is 0.165. The van der Waals surface area contributed by atoms with Crippen LogP contribution in [-0.4, -0.2) is 39.2 Å². The number of primary amides is 1. The van der Waals surface area contributed by atoms with Crippen LogP contribution < -0.4 is 10.6 Å². The number of hydrogen-bond acceptors (Lipinski definition) is 5. The highest BCUT2D eigenvalue weighted by atomic mass is 35.5. The molecule has 0 saturated carbocycles. The largest absolute Gasteiger partial charge is 0.368 e. The van der Waals surface area contributed by atoms with Crippen LogP contribution in [0.1, 0.15) is 19.8 Å². The molecule has 0 radical (unpaired) electrons. The molecule has 19 heavy (non-hydrogen) atoms. The molecule has 0 aromatic carbocycles. The molecule has 0 aliphatic carbocycles. The Kier molecular flexibility index (Phi) is 4.16. The summed E-state index contributed by atoms with van der Waals surface area (Å²) < 4.78 is 0. The molecule has 0 saturated heterocycles. The Morgan fingerprint density at radius 2 is 2.32 bits per heavy atom. The van der Waals surface area contributed by atoms with E-state index in [0.717, 1.165) is 18.2 Å². The number of halogens is 1. The molecule has 0 spiro atoms. The van der Waals surface area contributed by atoms with Crippen LogP contribution in [0, 0.1) is 0 Å². The van der Waals surface area contributed by atoms with Gasteiger partial charge in [-0.25, -0.2) is 0 Å². The Bertz CT molecular complexity index is 584. The summed E-state index contributed by atoms with van der Waals surface area (Å²) in [6.07, 6.45) is 3.54. The monoisotopic (exact) mass is 282 g/mol. The lowest BCUT2D eigenvalue weighted by Crippen LogP contribution is -2.35. The minimum Gasteiger partial charge on any atom is -0.368 e. The van der Waals surface area contributed by atoms with Gasteiger partial charge in [-0.1, -0.05) is 13.3 Å². The minimum atomic E-state index is -0.414. The first-order valence-electron chi connectivity index (χ1n) is 6.01. The van der Waals surface area contributed by atoms with E-state index in [-0.39, 0.29) is 11.8 Å². The highest BCUT2D eigenvalue weighted by Crippen LogP contribution is 2.24. The Morgan fingerprint density at radius 3 is 3.00 bits per heavy atom. The highest BCUT2D eigenvalue weighted by molar-refractivity contribution is 6.28. The number of nitrogens with one attached hydrogen (secondary N) is 1. The van der Waals surface area contributed by atoms with Crippen molar-refractivity contribution in [3.8, 4) is 0 Å². The summed E-state index contributed by atoms with van der Waals surface area (Å²) in [4.78, 5) is 21.2. The number of carbonyl (C=O) groups excluding carboxylic acids is 1. The summed E-state index contributed by atoms with van der Waals surface area (Å²) in [5.41, 5.74) is 5.82. The predicted octanol–water partition coefficient (Wildman–Crippen LogP) is 1.10. The van der Waals surface area contributed by atoms with Crippen LogP contribution in [0.15, 0.2) is 6.20 Å². The molecule has 2 aromatic rings. The first-order valence-corrected chi connectivity index (χ1v) is 6.39. The van der Waals surface area contributed by atoms with E-state index in [2.05, 4.69) is 27.1 Å². The number of H-pyrrole nitrogens is 1. The lowest BCUT2D eigenvalue weighted by atomic mass is 10.3. The number of carbonyl (C=O) groups is 1. The van der Waals surface area contributed by atoms with Gasteiger partial charge in [-0.3, -0.25) is 9.89 Å². The van der Waals surface area contributed by atoms with Gasteiger partial charge >= 0.3 is 0 Å². The van der Waals surface area contributed by atoms with Crippen molar-refractivity contribution in [1.29, 1.82) is 0 Å². The molecular weight excluding hydrogens is 268 g/mol. The van der Waals surface area contributed by atoms with E-state index < -0.39 is 5.91 Å². The SMILES string of the molecule is CCCCN(CC(N)=O)c1nc(Cl)nc2[nH]ncc12. The standard InChI is InChI=1S/C11H15ClN6O/c1-2-3-4-18(6-8(13)19)10-7-5-14-17-9(7)15-11(12)16-10/h5H,2-4,6H2,1H3,(H2,13,19)(H,14,15,16,17). The summed E-state index contributed by atoms with van der Waals surface area (Å²) >= 11 is 5.88. The van der Waals surface area contributed by atoms with Crippen molar-refractivity contribution < 1.29 is 4.79 Å². The molecule has 3 N–H and O–H groups in total. The maximum atomic E-state index is 11.2. The Hall–Kier alpha value is -1.89. The number of amides is 1. The third kappa shape index (κ3) is 3.11. The quantitative estimate of drug-likeness (QED) is 0.773. The number of hydrogen-bond donors (Lipinski definition) is 2. The fourth-order valence-electron chi connectivity index (χ4n) is 1.83. The van der Waals surface area contributed by atoms with Gasteiger partial charge in [0.1, 0.15) is 5.82 Å². The predicted molar refractivity (Wildman–Crippen MR) is 73.0 cm³/mol. The molecule has 2 heterocycles. The molecule has 8 heteroatoms. The second kappa shape index (κ2) is 5.83. The van der Waals surface area contributed by atoms with E-state index in [9.17, 15) is 4.79 Å². The van der Waals surface area contributed by atoms with Crippen LogP contribution in [0.25, 0.3) is 11.0 Å². The van der Waals surface area contributed by atoms with Crippen molar-refractivity contribution in [3.05, 3.63) is 11.5 Å². The molecule has 2 aromatic heterocycles. The van der Waals surface area contributed by atoms with E-state index >= 15 is 0 Å². The summed E-state index contributed by atoms with van der Waals surface area (Å²) in [5, 5.41) is 7.49. The molecule has 0 aliphatic heterocycles. The lowest BCUT2D eigenvalue weighted by Gasteiger charge is -2.22. The topological polar surface area (TPSA) is 101 Å². The number of rotatable bonds is 6. The van der Waals surface area contributed by atoms with Gasteiger partial charge in [0.15, 0.2) is 5.65 Å². The third-order valence-electron chi connectivity index (χ3n) is 2.69. The first-order chi connectivity index (χ1) is 9.11. The number of fused-ring (bicyclic) bond motifs is 1. The number of nitrogens with zero attached hydrogens (tertiary/aromatic N) is 4. The molecule has 0 aliphatic rings. The second-order valence-electron chi connectivity index (χ2n) is 4.19. The van der Waals surface area contributed by atoms with Gasteiger partial charge < -0.3 is 10.6 Å². The highest BCUT2D eigenvalue weighted by Gasteiger charge is 2.16. The number of aromatic nitrogens is 4. The summed E-state index contributed by atoms with van der Waals surface area (Å²) in [6, 6.07) is 0. The minimum absolute atomic E-state index is 0.0909. The Morgan fingerprint density at radius 1 is 1.53 bits per heavy atom. The zero-order valence-electron chi connectivity index (χ0n) is 10.6. The molecule has 102 valence electrons. The van der Waals surface area contributed by atoms with E-state index in [1.54, 1.807) is 11.1 Å². The van der Waals surface area contributed by atoms with Gasteiger partial charge in [-0.15, -0.1) is 0 Å². The molecule has 0 unspecified atom stereocenters. The van der Waals surface area contributed by atoms with Crippen LogP contribution >= 0.6 is 11.6 Å². The zero-order valence-corrected chi connectivity index (χ0v) is 11.3. The Labute approximate surface area is 115 Å². The molecule has 0 atom stereocenters. The van der Waals surface area contributed by atoms with Crippen molar-refractivity contribution >= 4 is 34.4 Å². The summed E-state index contributed by atoms with van der Waals surface area (Å²) in [6.45, 7) is 2.84. The zero-order chi connectivity index (χ0) is 13.8. The fourth-order valence-corrected chi connectivity index (χ4v) is 2.00. The van der Waals surface area contributed by atoms with Crippen LogP contribution in [0.5, 0.6) is 0 Å². The van der Waals surface area contributed by atoms with Gasteiger partial charge in [0.2, 0.25) is 11.2 Å². The molecular formula is C11H15ClN6O. The van der Waals surface area contributed by atoms with E-state index in [1.807, 2.05) is 0 Å². The molecule has 7 nitrogen and oxygen atoms in total.